The lowest BCUT2D eigenvalue weighted by atomic mass is 10.0. The first-order valence-electron chi connectivity index (χ1n) is 12.3. The van der Waals surface area contributed by atoms with Crippen LogP contribution in [0.2, 0.25) is 0 Å². The predicted octanol–water partition coefficient (Wildman–Crippen LogP) is 2.25. The number of fused-ring (bicyclic) bond motifs is 3. The van der Waals surface area contributed by atoms with Crippen LogP contribution in [0, 0.1) is 5.92 Å². The summed E-state index contributed by atoms with van der Waals surface area (Å²) in [6.07, 6.45) is 1.83. The van der Waals surface area contributed by atoms with E-state index in [9.17, 15) is 14.4 Å². The fourth-order valence-corrected chi connectivity index (χ4v) is 5.78. The Labute approximate surface area is 204 Å². The van der Waals surface area contributed by atoms with Crippen molar-refractivity contribution in [1.82, 2.24) is 15.1 Å². The summed E-state index contributed by atoms with van der Waals surface area (Å²) in [4.78, 5) is 40.9. The summed E-state index contributed by atoms with van der Waals surface area (Å²) in [7, 11) is 0. The van der Waals surface area contributed by atoms with Gasteiger partial charge in [0.25, 0.3) is 5.91 Å². The molecule has 4 aliphatic heterocycles. The van der Waals surface area contributed by atoms with Crippen LogP contribution < -0.4 is 10.1 Å². The Balaban J connectivity index is 1.09. The maximum absolute atomic E-state index is 13.0. The van der Waals surface area contributed by atoms with Gasteiger partial charge in [0.2, 0.25) is 11.8 Å². The molecule has 0 aromatic heterocycles. The van der Waals surface area contributed by atoms with Crippen molar-refractivity contribution in [3.63, 3.8) is 0 Å². The first-order chi connectivity index (χ1) is 17.0. The summed E-state index contributed by atoms with van der Waals surface area (Å²) in [6, 6.07) is 13.9. The highest BCUT2D eigenvalue weighted by Gasteiger charge is 2.40. The van der Waals surface area contributed by atoms with E-state index < -0.39 is 11.9 Å². The van der Waals surface area contributed by atoms with Crippen LogP contribution in [-0.2, 0) is 34.0 Å². The van der Waals surface area contributed by atoms with Crippen molar-refractivity contribution in [3.05, 3.63) is 64.7 Å². The number of imide groups is 1. The lowest BCUT2D eigenvalue weighted by Crippen LogP contribution is -2.52. The van der Waals surface area contributed by atoms with Crippen molar-refractivity contribution in [2.75, 3.05) is 19.8 Å². The number of carbonyl (C=O) groups is 3. The highest BCUT2D eigenvalue weighted by atomic mass is 16.5. The Morgan fingerprint density at radius 2 is 1.86 bits per heavy atom. The number of rotatable bonds is 6. The zero-order chi connectivity index (χ0) is 23.9. The molecule has 3 fully saturated rings. The van der Waals surface area contributed by atoms with E-state index in [2.05, 4.69) is 34.5 Å². The summed E-state index contributed by atoms with van der Waals surface area (Å²) >= 11 is 0. The number of piperidine rings is 1. The van der Waals surface area contributed by atoms with Crippen molar-refractivity contribution in [3.8, 4) is 5.75 Å². The summed E-state index contributed by atoms with van der Waals surface area (Å²) in [6.45, 7) is 4.48. The summed E-state index contributed by atoms with van der Waals surface area (Å²) < 4.78 is 11.8. The Morgan fingerprint density at radius 1 is 1.03 bits per heavy atom. The van der Waals surface area contributed by atoms with E-state index in [4.69, 9.17) is 9.47 Å². The molecular weight excluding hydrogens is 446 g/mol. The van der Waals surface area contributed by atoms with Gasteiger partial charge in [0.1, 0.15) is 18.4 Å². The van der Waals surface area contributed by atoms with Crippen LogP contribution in [0.1, 0.15) is 46.3 Å². The average molecular weight is 476 g/mol. The molecule has 0 aliphatic carbocycles. The first-order valence-corrected chi connectivity index (χ1v) is 12.3. The van der Waals surface area contributed by atoms with Crippen molar-refractivity contribution in [2.45, 2.75) is 51.0 Å². The molecule has 3 unspecified atom stereocenters. The molecule has 0 radical (unpaired) electrons. The molecule has 2 aromatic carbocycles. The van der Waals surface area contributed by atoms with Crippen LogP contribution in [0.25, 0.3) is 0 Å². The van der Waals surface area contributed by atoms with Gasteiger partial charge in [-0.3, -0.25) is 24.6 Å². The molecule has 0 saturated carbocycles. The van der Waals surface area contributed by atoms with Crippen LogP contribution in [0.15, 0.2) is 42.5 Å². The molecule has 3 atom stereocenters. The molecule has 0 spiro atoms. The van der Waals surface area contributed by atoms with Crippen LogP contribution >= 0.6 is 0 Å². The Hall–Kier alpha value is -3.23. The van der Waals surface area contributed by atoms with Crippen LogP contribution in [0.3, 0.4) is 0 Å². The summed E-state index contributed by atoms with van der Waals surface area (Å²) in [5.74, 6) is 0.435. The molecule has 2 bridgehead atoms. The van der Waals surface area contributed by atoms with E-state index in [1.165, 1.54) is 12.0 Å². The Bertz CT molecular complexity index is 1160. The zero-order valence-corrected chi connectivity index (χ0v) is 19.6. The number of benzene rings is 2. The number of nitrogens with one attached hydrogen (secondary N) is 1. The first kappa shape index (κ1) is 22.2. The lowest BCUT2D eigenvalue weighted by molar-refractivity contribution is -0.136. The van der Waals surface area contributed by atoms with E-state index in [-0.39, 0.29) is 18.2 Å². The van der Waals surface area contributed by atoms with E-state index in [1.807, 2.05) is 6.07 Å². The summed E-state index contributed by atoms with van der Waals surface area (Å²) in [5, 5.41) is 2.34. The van der Waals surface area contributed by atoms with Gasteiger partial charge in [-0.25, -0.2) is 0 Å². The number of hydrogen-bond donors (Lipinski definition) is 1. The molecular formula is C27H29N3O5. The van der Waals surface area contributed by atoms with Gasteiger partial charge in [0.15, 0.2) is 0 Å². The fourth-order valence-electron chi connectivity index (χ4n) is 5.78. The van der Waals surface area contributed by atoms with Gasteiger partial charge >= 0.3 is 0 Å². The molecule has 8 nitrogen and oxygen atoms in total. The molecule has 2 aromatic rings. The molecule has 6 rings (SSSR count). The molecule has 4 aliphatic rings. The highest BCUT2D eigenvalue weighted by molar-refractivity contribution is 6.05. The third kappa shape index (κ3) is 4.32. The number of ether oxygens (including phenoxy) is 2. The number of nitrogens with zero attached hydrogens (tertiary/aromatic N) is 2. The van der Waals surface area contributed by atoms with Gasteiger partial charge in [0.05, 0.1) is 19.8 Å². The molecule has 35 heavy (non-hydrogen) atoms. The average Bonchev–Trinajstić information content (AvgIpc) is 3.34. The minimum atomic E-state index is -0.630. The number of hydrogen-bond acceptors (Lipinski definition) is 6. The SMILES string of the molecule is O=C1CCC(N2Cc3c(OCc4ccc(CN5CC6COCC5C6)cc4)cccc3C2=O)C(=O)N1. The number of amides is 3. The second-order valence-electron chi connectivity index (χ2n) is 10.0. The standard InChI is InChI=1S/C27H29N3O5/c31-25-9-8-23(26(32)28-25)30-13-22-21(27(30)33)2-1-3-24(22)35-15-18-6-4-17(5-7-18)11-29-12-19-10-20(29)16-34-14-19/h1-7,19-20,23H,8-16H2,(H,28,31,32). The number of likely N-dealkylation sites (tertiary alicyclic amines) is 1. The van der Waals surface area contributed by atoms with Crippen molar-refractivity contribution in [2.24, 2.45) is 5.92 Å². The summed E-state index contributed by atoms with van der Waals surface area (Å²) in [5.41, 5.74) is 3.69. The van der Waals surface area contributed by atoms with Crippen LogP contribution in [0.4, 0.5) is 0 Å². The second-order valence-corrected chi connectivity index (χ2v) is 10.0. The molecule has 182 valence electrons. The zero-order valence-electron chi connectivity index (χ0n) is 19.6. The van der Waals surface area contributed by atoms with E-state index >= 15 is 0 Å². The minimum absolute atomic E-state index is 0.193. The molecule has 8 heteroatoms. The maximum Gasteiger partial charge on any atom is 0.255 e. The van der Waals surface area contributed by atoms with E-state index in [0.29, 0.717) is 42.8 Å². The highest BCUT2D eigenvalue weighted by Crippen LogP contribution is 2.34. The van der Waals surface area contributed by atoms with E-state index in [0.717, 1.165) is 37.4 Å². The largest absolute Gasteiger partial charge is 0.489 e. The van der Waals surface area contributed by atoms with Gasteiger partial charge in [-0.15, -0.1) is 0 Å². The monoisotopic (exact) mass is 475 g/mol. The third-order valence-electron chi connectivity index (χ3n) is 7.62. The molecule has 3 saturated heterocycles. The quantitative estimate of drug-likeness (QED) is 0.645. The Morgan fingerprint density at radius 3 is 2.66 bits per heavy atom. The van der Waals surface area contributed by atoms with Crippen molar-refractivity contribution < 1.29 is 23.9 Å². The topological polar surface area (TPSA) is 88.2 Å². The smallest absolute Gasteiger partial charge is 0.255 e. The van der Waals surface area contributed by atoms with Crippen molar-refractivity contribution >= 4 is 17.7 Å². The van der Waals surface area contributed by atoms with E-state index in [1.54, 1.807) is 17.0 Å². The van der Waals surface area contributed by atoms with Gasteiger partial charge in [-0.2, -0.15) is 0 Å². The fraction of sp³-hybridized carbons (Fsp3) is 0.444. The normalized spacial score (nSPS) is 26.1. The van der Waals surface area contributed by atoms with Gasteiger partial charge in [0, 0.05) is 36.7 Å². The van der Waals surface area contributed by atoms with Crippen LogP contribution in [-0.4, -0.2) is 59.4 Å². The minimum Gasteiger partial charge on any atom is -0.489 e. The lowest BCUT2D eigenvalue weighted by Gasteiger charge is -2.29. The maximum atomic E-state index is 13.0. The third-order valence-corrected chi connectivity index (χ3v) is 7.62. The Kier molecular flexibility index (Phi) is 5.78. The molecule has 3 amide bonds. The molecule has 4 heterocycles. The van der Waals surface area contributed by atoms with Gasteiger partial charge < -0.3 is 14.4 Å². The van der Waals surface area contributed by atoms with Gasteiger partial charge in [-0.05, 0) is 42.0 Å². The number of carbonyl (C=O) groups excluding carboxylic acids is 3. The van der Waals surface area contributed by atoms with Gasteiger partial charge in [-0.1, -0.05) is 30.3 Å². The predicted molar refractivity (Wildman–Crippen MR) is 126 cm³/mol. The second kappa shape index (κ2) is 9.09. The van der Waals surface area contributed by atoms with Crippen LogP contribution in [0.5, 0.6) is 5.75 Å². The van der Waals surface area contributed by atoms with Crippen molar-refractivity contribution in [1.29, 1.82) is 0 Å². The molecule has 1 N–H and O–H groups in total.